The second-order valence-corrected chi connectivity index (χ2v) is 7.01. The van der Waals surface area contributed by atoms with Crippen molar-refractivity contribution in [1.82, 2.24) is 10.2 Å². The third-order valence-corrected chi connectivity index (χ3v) is 4.92. The molecule has 0 spiro atoms. The maximum atomic E-state index is 12.3. The van der Waals surface area contributed by atoms with Gasteiger partial charge in [-0.3, -0.25) is 4.79 Å². The summed E-state index contributed by atoms with van der Waals surface area (Å²) in [6, 6.07) is 15.5. The van der Waals surface area contributed by atoms with Crippen LogP contribution >= 0.6 is 11.6 Å². The van der Waals surface area contributed by atoms with Crippen LogP contribution in [0.2, 0.25) is 5.02 Å². The number of anilines is 1. The molecule has 2 N–H and O–H groups in total. The molecule has 2 aromatic rings. The predicted molar refractivity (Wildman–Crippen MR) is 103 cm³/mol. The van der Waals surface area contributed by atoms with E-state index in [-0.39, 0.29) is 5.91 Å². The molecule has 1 saturated heterocycles. The lowest BCUT2D eigenvalue weighted by Crippen LogP contribution is -2.35. The van der Waals surface area contributed by atoms with E-state index < -0.39 is 0 Å². The fraction of sp³-hybridized carbons (Fsp3) is 0.350. The van der Waals surface area contributed by atoms with Gasteiger partial charge in [-0.25, -0.2) is 0 Å². The Kier molecular flexibility index (Phi) is 6.08. The topological polar surface area (TPSA) is 44.4 Å². The van der Waals surface area contributed by atoms with Crippen LogP contribution in [0.3, 0.4) is 0 Å². The molecule has 0 aromatic heterocycles. The van der Waals surface area contributed by atoms with E-state index >= 15 is 0 Å². The second kappa shape index (κ2) is 8.48. The molecule has 0 bridgehead atoms. The highest BCUT2D eigenvalue weighted by Crippen LogP contribution is 2.16. The number of likely N-dealkylation sites (tertiary alicyclic amines) is 1. The SMILES string of the molecule is CN1CCCC1CNCc1cccc(NC(=O)c2ccc(Cl)cc2)c1. The average molecular weight is 358 g/mol. The number of hydrogen-bond donors (Lipinski definition) is 2. The van der Waals surface area contributed by atoms with Gasteiger partial charge in [0.05, 0.1) is 0 Å². The Labute approximate surface area is 154 Å². The summed E-state index contributed by atoms with van der Waals surface area (Å²) in [5, 5.41) is 7.08. The van der Waals surface area contributed by atoms with Crippen molar-refractivity contribution in [1.29, 1.82) is 0 Å². The number of carbonyl (C=O) groups is 1. The van der Waals surface area contributed by atoms with Gasteiger partial charge >= 0.3 is 0 Å². The third kappa shape index (κ3) is 5.05. The van der Waals surface area contributed by atoms with E-state index in [9.17, 15) is 4.79 Å². The normalized spacial score (nSPS) is 17.6. The van der Waals surface area contributed by atoms with E-state index in [1.807, 2.05) is 18.2 Å². The fourth-order valence-corrected chi connectivity index (χ4v) is 3.31. The number of nitrogens with zero attached hydrogens (tertiary/aromatic N) is 1. The van der Waals surface area contributed by atoms with Gasteiger partial charge in [-0.15, -0.1) is 0 Å². The molecule has 1 atom stereocenters. The van der Waals surface area contributed by atoms with E-state index in [1.54, 1.807) is 24.3 Å². The van der Waals surface area contributed by atoms with Crippen LogP contribution in [0, 0.1) is 0 Å². The summed E-state index contributed by atoms with van der Waals surface area (Å²) >= 11 is 5.86. The maximum Gasteiger partial charge on any atom is 0.255 e. The summed E-state index contributed by atoms with van der Waals surface area (Å²) in [5.74, 6) is -0.130. The molecule has 1 aliphatic heterocycles. The Morgan fingerprint density at radius 3 is 2.76 bits per heavy atom. The van der Waals surface area contributed by atoms with Gasteiger partial charge in [0.25, 0.3) is 5.91 Å². The first-order chi connectivity index (χ1) is 12.1. The first-order valence-corrected chi connectivity index (χ1v) is 9.06. The van der Waals surface area contributed by atoms with E-state index in [0.717, 1.165) is 24.3 Å². The van der Waals surface area contributed by atoms with Crippen molar-refractivity contribution in [3.05, 3.63) is 64.7 Å². The molecular formula is C20H24ClN3O. The Hall–Kier alpha value is -1.88. The van der Waals surface area contributed by atoms with Crippen molar-refractivity contribution in [2.75, 3.05) is 25.5 Å². The van der Waals surface area contributed by atoms with Crippen LogP contribution in [0.15, 0.2) is 48.5 Å². The van der Waals surface area contributed by atoms with Gasteiger partial charge < -0.3 is 15.5 Å². The summed E-state index contributed by atoms with van der Waals surface area (Å²) in [6.45, 7) is 2.99. The average Bonchev–Trinajstić information content (AvgIpc) is 3.01. The zero-order valence-corrected chi connectivity index (χ0v) is 15.2. The molecule has 2 aromatic carbocycles. The number of benzene rings is 2. The number of halogens is 1. The predicted octanol–water partition coefficient (Wildman–Crippen LogP) is 3.78. The van der Waals surface area contributed by atoms with Crippen molar-refractivity contribution >= 4 is 23.2 Å². The number of nitrogens with one attached hydrogen (secondary N) is 2. The van der Waals surface area contributed by atoms with Gasteiger partial charge in [0.2, 0.25) is 0 Å². The number of hydrogen-bond acceptors (Lipinski definition) is 3. The number of carbonyl (C=O) groups excluding carboxylic acids is 1. The Morgan fingerprint density at radius 1 is 1.24 bits per heavy atom. The lowest BCUT2D eigenvalue weighted by atomic mass is 10.1. The van der Waals surface area contributed by atoms with E-state index in [2.05, 4.69) is 28.6 Å². The molecule has 1 fully saturated rings. The molecule has 1 heterocycles. The van der Waals surface area contributed by atoms with Crippen LogP contribution in [0.25, 0.3) is 0 Å². The van der Waals surface area contributed by atoms with Gasteiger partial charge in [-0.05, 0) is 68.4 Å². The molecule has 3 rings (SSSR count). The van der Waals surface area contributed by atoms with Crippen molar-refractivity contribution in [3.63, 3.8) is 0 Å². The smallest absolute Gasteiger partial charge is 0.255 e. The fourth-order valence-electron chi connectivity index (χ4n) is 3.18. The molecule has 0 saturated carbocycles. The van der Waals surface area contributed by atoms with Crippen molar-refractivity contribution < 1.29 is 4.79 Å². The van der Waals surface area contributed by atoms with Gasteiger partial charge in [-0.1, -0.05) is 23.7 Å². The number of amides is 1. The standard InChI is InChI=1S/C20H24ClN3O/c1-24-11-3-6-19(24)14-22-13-15-4-2-5-18(12-15)23-20(25)16-7-9-17(21)10-8-16/h2,4-5,7-10,12,19,22H,3,6,11,13-14H2,1H3,(H,23,25). The van der Waals surface area contributed by atoms with Crippen LogP contribution in [0.5, 0.6) is 0 Å². The highest BCUT2D eigenvalue weighted by atomic mass is 35.5. The van der Waals surface area contributed by atoms with Crippen molar-refractivity contribution in [3.8, 4) is 0 Å². The van der Waals surface area contributed by atoms with Crippen LogP contribution in [-0.2, 0) is 6.54 Å². The lowest BCUT2D eigenvalue weighted by molar-refractivity contribution is 0.102. The zero-order chi connectivity index (χ0) is 17.6. The molecule has 25 heavy (non-hydrogen) atoms. The molecule has 0 radical (unpaired) electrons. The highest BCUT2D eigenvalue weighted by Gasteiger charge is 2.19. The van der Waals surface area contributed by atoms with E-state index in [0.29, 0.717) is 16.6 Å². The van der Waals surface area contributed by atoms with Gasteiger partial charge in [0.1, 0.15) is 0 Å². The summed E-state index contributed by atoms with van der Waals surface area (Å²) in [5.41, 5.74) is 2.56. The maximum absolute atomic E-state index is 12.3. The number of likely N-dealkylation sites (N-methyl/N-ethyl adjacent to an activating group) is 1. The molecule has 5 heteroatoms. The summed E-state index contributed by atoms with van der Waals surface area (Å²) in [6.07, 6.45) is 2.55. The van der Waals surface area contributed by atoms with Gasteiger partial charge in [0, 0.05) is 35.4 Å². The van der Waals surface area contributed by atoms with Crippen molar-refractivity contribution in [2.24, 2.45) is 0 Å². The quantitative estimate of drug-likeness (QED) is 0.827. The summed E-state index contributed by atoms with van der Waals surface area (Å²) in [4.78, 5) is 14.7. The first kappa shape index (κ1) is 17.9. The van der Waals surface area contributed by atoms with Crippen LogP contribution in [-0.4, -0.2) is 37.0 Å². The van der Waals surface area contributed by atoms with Crippen molar-refractivity contribution in [2.45, 2.75) is 25.4 Å². The number of rotatable bonds is 6. The molecule has 0 aliphatic carbocycles. The van der Waals surface area contributed by atoms with Crippen LogP contribution in [0.4, 0.5) is 5.69 Å². The van der Waals surface area contributed by atoms with E-state index in [1.165, 1.54) is 19.4 Å². The largest absolute Gasteiger partial charge is 0.322 e. The second-order valence-electron chi connectivity index (χ2n) is 6.57. The molecule has 132 valence electrons. The Morgan fingerprint density at radius 2 is 2.04 bits per heavy atom. The highest BCUT2D eigenvalue weighted by molar-refractivity contribution is 6.30. The molecule has 4 nitrogen and oxygen atoms in total. The third-order valence-electron chi connectivity index (χ3n) is 4.67. The minimum atomic E-state index is -0.130. The zero-order valence-electron chi connectivity index (χ0n) is 14.5. The van der Waals surface area contributed by atoms with Gasteiger partial charge in [0.15, 0.2) is 0 Å². The van der Waals surface area contributed by atoms with Crippen LogP contribution < -0.4 is 10.6 Å². The molecular weight excluding hydrogens is 334 g/mol. The molecule has 1 amide bonds. The van der Waals surface area contributed by atoms with E-state index in [4.69, 9.17) is 11.6 Å². The first-order valence-electron chi connectivity index (χ1n) is 8.68. The van der Waals surface area contributed by atoms with Crippen LogP contribution in [0.1, 0.15) is 28.8 Å². The monoisotopic (exact) mass is 357 g/mol. The van der Waals surface area contributed by atoms with Gasteiger partial charge in [-0.2, -0.15) is 0 Å². The minimum absolute atomic E-state index is 0.130. The molecule has 1 unspecified atom stereocenters. The Bertz CT molecular complexity index is 717. The minimum Gasteiger partial charge on any atom is -0.322 e. The summed E-state index contributed by atoms with van der Waals surface area (Å²) in [7, 11) is 2.19. The summed E-state index contributed by atoms with van der Waals surface area (Å²) < 4.78 is 0. The molecule has 1 aliphatic rings. The Balaban J connectivity index is 1.54. The lowest BCUT2D eigenvalue weighted by Gasteiger charge is -2.19.